The Morgan fingerprint density at radius 2 is 2.30 bits per heavy atom. The van der Waals surface area contributed by atoms with E-state index >= 15 is 0 Å². The van der Waals surface area contributed by atoms with Crippen LogP contribution >= 0.6 is 0 Å². The maximum Gasteiger partial charge on any atom is 0.208 e. The van der Waals surface area contributed by atoms with E-state index in [4.69, 9.17) is 8.83 Å². The number of nitrogens with zero attached hydrogens (tertiary/aromatic N) is 3. The largest absolute Gasteiger partial charge is 0.467 e. The van der Waals surface area contributed by atoms with Crippen molar-refractivity contribution in [2.75, 3.05) is 0 Å². The van der Waals surface area contributed by atoms with Gasteiger partial charge in [0.15, 0.2) is 0 Å². The van der Waals surface area contributed by atoms with E-state index in [0.29, 0.717) is 12.4 Å². The fourth-order valence-electron chi connectivity index (χ4n) is 2.10. The molecule has 1 atom stereocenters. The molecular weight excluding hydrogens is 256 g/mol. The maximum atomic E-state index is 5.50. The van der Waals surface area contributed by atoms with E-state index in [1.807, 2.05) is 36.9 Å². The molecule has 0 saturated heterocycles. The molecule has 3 aromatic rings. The summed E-state index contributed by atoms with van der Waals surface area (Å²) in [6.45, 7) is 2.38. The molecule has 3 aromatic heterocycles. The summed E-state index contributed by atoms with van der Waals surface area (Å²) in [7, 11) is 1.95. The van der Waals surface area contributed by atoms with Crippen LogP contribution in [-0.4, -0.2) is 14.5 Å². The minimum Gasteiger partial charge on any atom is -0.467 e. The van der Waals surface area contributed by atoms with Crippen molar-refractivity contribution in [2.24, 2.45) is 7.05 Å². The van der Waals surface area contributed by atoms with Crippen LogP contribution in [0.5, 0.6) is 0 Å². The Balaban J connectivity index is 1.81. The fraction of sp³-hybridized carbons (Fsp3) is 0.286. The van der Waals surface area contributed by atoms with Gasteiger partial charge in [0.1, 0.15) is 23.4 Å². The van der Waals surface area contributed by atoms with Crippen molar-refractivity contribution in [2.45, 2.75) is 19.5 Å². The second-order valence-corrected chi connectivity index (χ2v) is 4.59. The number of oxazole rings is 1. The van der Waals surface area contributed by atoms with Crippen molar-refractivity contribution in [1.82, 2.24) is 19.9 Å². The number of furan rings is 1. The van der Waals surface area contributed by atoms with E-state index in [-0.39, 0.29) is 6.04 Å². The first-order chi connectivity index (χ1) is 9.74. The molecule has 0 fully saturated rings. The maximum absolute atomic E-state index is 5.50. The van der Waals surface area contributed by atoms with Gasteiger partial charge in [-0.2, -0.15) is 0 Å². The van der Waals surface area contributed by atoms with Crippen LogP contribution in [0.2, 0.25) is 0 Å². The first-order valence-electron chi connectivity index (χ1n) is 6.39. The summed E-state index contributed by atoms with van der Waals surface area (Å²) in [5, 5.41) is 3.36. The predicted octanol–water partition coefficient (Wildman–Crippen LogP) is 2.19. The number of imidazole rings is 1. The van der Waals surface area contributed by atoms with Gasteiger partial charge in [0.05, 0.1) is 19.0 Å². The van der Waals surface area contributed by atoms with Gasteiger partial charge in [0.2, 0.25) is 5.89 Å². The second kappa shape index (κ2) is 5.34. The molecule has 0 aliphatic rings. The molecule has 3 rings (SSSR count). The molecule has 6 nitrogen and oxygen atoms in total. The number of hydrogen-bond donors (Lipinski definition) is 1. The average molecular weight is 272 g/mol. The molecule has 0 bridgehead atoms. The van der Waals surface area contributed by atoms with Crippen LogP contribution in [0.25, 0.3) is 0 Å². The molecule has 0 radical (unpaired) electrons. The third-order valence-electron chi connectivity index (χ3n) is 3.07. The van der Waals surface area contributed by atoms with Crippen molar-refractivity contribution in [3.8, 4) is 0 Å². The molecule has 1 unspecified atom stereocenters. The third-order valence-corrected chi connectivity index (χ3v) is 3.07. The van der Waals surface area contributed by atoms with Crippen molar-refractivity contribution in [3.63, 3.8) is 0 Å². The summed E-state index contributed by atoms with van der Waals surface area (Å²) in [6, 6.07) is 3.65. The molecule has 0 aliphatic carbocycles. The standard InChI is InChI=1S/C14H16N4O2/c1-10-8-16-12(20-10)9-17-13(11-4-3-7-19-11)14-15-5-6-18(14)2/h3-8,13,17H,9H2,1-2H3. The summed E-state index contributed by atoms with van der Waals surface area (Å²) >= 11 is 0. The summed E-state index contributed by atoms with van der Waals surface area (Å²) in [6.07, 6.45) is 7.03. The predicted molar refractivity (Wildman–Crippen MR) is 71.8 cm³/mol. The fourth-order valence-corrected chi connectivity index (χ4v) is 2.10. The number of aryl methyl sites for hydroxylation is 2. The van der Waals surface area contributed by atoms with E-state index in [1.165, 1.54) is 0 Å². The normalized spacial score (nSPS) is 12.7. The molecule has 6 heteroatoms. The lowest BCUT2D eigenvalue weighted by molar-refractivity contribution is 0.395. The Kier molecular flexibility index (Phi) is 3.39. The molecule has 3 heterocycles. The molecule has 0 aromatic carbocycles. The SMILES string of the molecule is Cc1cnc(CNC(c2ccco2)c2nccn2C)o1. The molecule has 0 amide bonds. The van der Waals surface area contributed by atoms with Crippen LogP contribution < -0.4 is 5.32 Å². The van der Waals surface area contributed by atoms with Crippen LogP contribution in [0.3, 0.4) is 0 Å². The van der Waals surface area contributed by atoms with E-state index in [9.17, 15) is 0 Å². The summed E-state index contributed by atoms with van der Waals surface area (Å²) in [4.78, 5) is 8.56. The molecule has 104 valence electrons. The third kappa shape index (κ3) is 2.50. The number of nitrogens with one attached hydrogen (secondary N) is 1. The zero-order valence-electron chi connectivity index (χ0n) is 11.4. The summed E-state index contributed by atoms with van der Waals surface area (Å²) in [5.74, 6) is 3.13. The highest BCUT2D eigenvalue weighted by molar-refractivity contribution is 5.15. The monoisotopic (exact) mass is 272 g/mol. The zero-order chi connectivity index (χ0) is 13.9. The Labute approximate surface area is 116 Å². The van der Waals surface area contributed by atoms with E-state index < -0.39 is 0 Å². The van der Waals surface area contributed by atoms with E-state index in [0.717, 1.165) is 17.3 Å². The second-order valence-electron chi connectivity index (χ2n) is 4.59. The van der Waals surface area contributed by atoms with Gasteiger partial charge < -0.3 is 13.4 Å². The Hall–Kier alpha value is -2.34. The van der Waals surface area contributed by atoms with Gasteiger partial charge in [0, 0.05) is 19.4 Å². The van der Waals surface area contributed by atoms with E-state index in [2.05, 4.69) is 15.3 Å². The topological polar surface area (TPSA) is 69.0 Å². The van der Waals surface area contributed by atoms with Crippen LogP contribution in [0.15, 0.2) is 45.8 Å². The van der Waals surface area contributed by atoms with Gasteiger partial charge in [-0.1, -0.05) is 0 Å². The lowest BCUT2D eigenvalue weighted by Crippen LogP contribution is -2.24. The van der Waals surface area contributed by atoms with E-state index in [1.54, 1.807) is 18.7 Å². The first kappa shape index (κ1) is 12.7. The molecule has 1 N–H and O–H groups in total. The van der Waals surface area contributed by atoms with Crippen molar-refractivity contribution >= 4 is 0 Å². The van der Waals surface area contributed by atoms with Gasteiger partial charge >= 0.3 is 0 Å². The minimum atomic E-state index is -0.141. The van der Waals surface area contributed by atoms with Crippen molar-refractivity contribution in [1.29, 1.82) is 0 Å². The Morgan fingerprint density at radius 3 is 2.90 bits per heavy atom. The van der Waals surface area contributed by atoms with Gasteiger partial charge in [-0.3, -0.25) is 5.32 Å². The van der Waals surface area contributed by atoms with Crippen molar-refractivity contribution < 1.29 is 8.83 Å². The highest BCUT2D eigenvalue weighted by atomic mass is 16.4. The van der Waals surface area contributed by atoms with Crippen LogP contribution in [0, 0.1) is 6.92 Å². The Morgan fingerprint density at radius 1 is 1.40 bits per heavy atom. The zero-order valence-corrected chi connectivity index (χ0v) is 11.4. The minimum absolute atomic E-state index is 0.141. The Bertz CT molecular complexity index is 669. The van der Waals surface area contributed by atoms with Gasteiger partial charge in [-0.05, 0) is 19.1 Å². The lowest BCUT2D eigenvalue weighted by Gasteiger charge is -2.15. The number of aromatic nitrogens is 3. The molecular formula is C14H16N4O2. The quantitative estimate of drug-likeness (QED) is 0.771. The van der Waals surface area contributed by atoms with Gasteiger partial charge in [-0.25, -0.2) is 9.97 Å². The average Bonchev–Trinajstić information content (AvgIpc) is 3.14. The number of rotatable bonds is 5. The molecule has 0 aliphatic heterocycles. The molecule has 20 heavy (non-hydrogen) atoms. The smallest absolute Gasteiger partial charge is 0.208 e. The molecule has 0 saturated carbocycles. The van der Waals surface area contributed by atoms with Crippen LogP contribution in [-0.2, 0) is 13.6 Å². The van der Waals surface area contributed by atoms with Gasteiger partial charge in [-0.15, -0.1) is 0 Å². The highest BCUT2D eigenvalue weighted by Crippen LogP contribution is 2.21. The van der Waals surface area contributed by atoms with Crippen LogP contribution in [0.1, 0.15) is 29.3 Å². The lowest BCUT2D eigenvalue weighted by atomic mass is 10.2. The first-order valence-corrected chi connectivity index (χ1v) is 6.39. The van der Waals surface area contributed by atoms with Crippen LogP contribution in [0.4, 0.5) is 0 Å². The van der Waals surface area contributed by atoms with Gasteiger partial charge in [0.25, 0.3) is 0 Å². The number of hydrogen-bond acceptors (Lipinski definition) is 5. The molecule has 0 spiro atoms. The summed E-state index contributed by atoms with van der Waals surface area (Å²) in [5.41, 5.74) is 0. The highest BCUT2D eigenvalue weighted by Gasteiger charge is 2.21. The summed E-state index contributed by atoms with van der Waals surface area (Å²) < 4.78 is 12.9. The van der Waals surface area contributed by atoms with Crippen molar-refractivity contribution in [3.05, 3.63) is 60.2 Å².